The Morgan fingerprint density at radius 3 is 3.00 bits per heavy atom. The Hall–Kier alpha value is -1.24. The van der Waals surface area contributed by atoms with Gasteiger partial charge in [0.15, 0.2) is 0 Å². The number of aryl methyl sites for hydroxylation is 2. The Bertz CT molecular complexity index is 579. The minimum atomic E-state index is 0.121. The molecule has 0 bridgehead atoms. The molecule has 0 aliphatic heterocycles. The summed E-state index contributed by atoms with van der Waals surface area (Å²) >= 11 is 1.90. The summed E-state index contributed by atoms with van der Waals surface area (Å²) in [5.74, 6) is 7.35. The van der Waals surface area contributed by atoms with Gasteiger partial charge in [0, 0.05) is 22.7 Å². The van der Waals surface area contributed by atoms with Crippen LogP contribution in [-0.2, 0) is 25.8 Å². The number of nitrogens with zero attached hydrogens (tertiary/aromatic N) is 3. The highest BCUT2D eigenvalue weighted by atomic mass is 32.1. The van der Waals surface area contributed by atoms with E-state index in [1.807, 2.05) is 16.0 Å². The number of nitrogens with one attached hydrogen (secondary N) is 1. The molecule has 114 valence electrons. The topological polar surface area (TPSA) is 68.8 Å². The van der Waals surface area contributed by atoms with Crippen LogP contribution >= 0.6 is 11.3 Å². The van der Waals surface area contributed by atoms with Gasteiger partial charge in [-0.05, 0) is 36.8 Å². The molecule has 21 heavy (non-hydrogen) atoms. The fourth-order valence-corrected chi connectivity index (χ4v) is 4.21. The fourth-order valence-electron chi connectivity index (χ4n) is 2.89. The first-order valence-corrected chi connectivity index (χ1v) is 8.43. The third-order valence-corrected chi connectivity index (χ3v) is 5.28. The minimum absolute atomic E-state index is 0.121. The van der Waals surface area contributed by atoms with Crippen LogP contribution in [0.15, 0.2) is 12.4 Å². The van der Waals surface area contributed by atoms with Crippen molar-refractivity contribution in [2.24, 2.45) is 11.8 Å². The zero-order valence-corrected chi connectivity index (χ0v) is 13.5. The van der Waals surface area contributed by atoms with E-state index >= 15 is 0 Å². The van der Waals surface area contributed by atoms with E-state index in [0.717, 1.165) is 18.8 Å². The first-order chi connectivity index (χ1) is 10.2. The van der Waals surface area contributed by atoms with Crippen molar-refractivity contribution in [1.82, 2.24) is 20.2 Å². The number of hydrazine groups is 1. The highest BCUT2D eigenvalue weighted by molar-refractivity contribution is 7.12. The standard InChI is InChI=1S/C15H23N5S/c1-10(2)8-20-15(17-9-18-20)7-12(19-16)14-6-11-4-3-5-13(11)21-14/h6,9-10,12,19H,3-5,7-8,16H2,1-2H3. The third-order valence-electron chi connectivity index (χ3n) is 3.93. The van der Waals surface area contributed by atoms with E-state index < -0.39 is 0 Å². The summed E-state index contributed by atoms with van der Waals surface area (Å²) in [6.45, 7) is 5.27. The van der Waals surface area contributed by atoms with Crippen molar-refractivity contribution < 1.29 is 0 Å². The molecular weight excluding hydrogens is 282 g/mol. The number of hydrogen-bond donors (Lipinski definition) is 2. The molecule has 1 aliphatic rings. The van der Waals surface area contributed by atoms with Crippen molar-refractivity contribution >= 4 is 11.3 Å². The number of hydrogen-bond acceptors (Lipinski definition) is 5. The van der Waals surface area contributed by atoms with Gasteiger partial charge in [0.2, 0.25) is 0 Å². The molecule has 1 unspecified atom stereocenters. The Labute approximate surface area is 129 Å². The monoisotopic (exact) mass is 305 g/mol. The number of thiophene rings is 1. The summed E-state index contributed by atoms with van der Waals surface area (Å²) in [6, 6.07) is 2.44. The quantitative estimate of drug-likeness (QED) is 0.634. The molecule has 0 saturated carbocycles. The van der Waals surface area contributed by atoms with Crippen molar-refractivity contribution in [3.05, 3.63) is 33.5 Å². The molecule has 1 aliphatic carbocycles. The van der Waals surface area contributed by atoms with Crippen molar-refractivity contribution in [1.29, 1.82) is 0 Å². The van der Waals surface area contributed by atoms with Gasteiger partial charge in [0.25, 0.3) is 0 Å². The molecule has 0 fully saturated rings. The second kappa shape index (κ2) is 6.25. The maximum atomic E-state index is 5.79. The van der Waals surface area contributed by atoms with E-state index in [2.05, 4.69) is 35.4 Å². The van der Waals surface area contributed by atoms with Crippen LogP contribution in [-0.4, -0.2) is 14.8 Å². The first-order valence-electron chi connectivity index (χ1n) is 7.61. The van der Waals surface area contributed by atoms with Crippen LogP contribution in [0.1, 0.15) is 47.5 Å². The molecule has 2 heterocycles. The molecule has 1 atom stereocenters. The predicted molar refractivity (Wildman–Crippen MR) is 85.0 cm³/mol. The molecule has 0 spiro atoms. The average molecular weight is 305 g/mol. The molecule has 3 rings (SSSR count). The summed E-state index contributed by atoms with van der Waals surface area (Å²) in [5.41, 5.74) is 4.47. The largest absolute Gasteiger partial charge is 0.271 e. The van der Waals surface area contributed by atoms with Gasteiger partial charge in [0.1, 0.15) is 12.2 Å². The number of nitrogens with two attached hydrogens (primary N) is 1. The van der Waals surface area contributed by atoms with Crippen LogP contribution < -0.4 is 11.3 Å². The Morgan fingerprint density at radius 2 is 2.29 bits per heavy atom. The van der Waals surface area contributed by atoms with E-state index in [1.165, 1.54) is 34.6 Å². The Balaban J connectivity index is 1.76. The summed E-state index contributed by atoms with van der Waals surface area (Å²) < 4.78 is 2.00. The number of aromatic nitrogens is 3. The zero-order chi connectivity index (χ0) is 14.8. The van der Waals surface area contributed by atoms with Crippen LogP contribution in [0.25, 0.3) is 0 Å². The van der Waals surface area contributed by atoms with Crippen LogP contribution in [0, 0.1) is 5.92 Å². The highest BCUT2D eigenvalue weighted by Crippen LogP contribution is 2.34. The van der Waals surface area contributed by atoms with Crippen molar-refractivity contribution in [2.45, 2.75) is 52.1 Å². The molecule has 0 amide bonds. The van der Waals surface area contributed by atoms with E-state index in [0.29, 0.717) is 5.92 Å². The maximum absolute atomic E-state index is 5.79. The second-order valence-corrected chi connectivity index (χ2v) is 7.29. The number of fused-ring (bicyclic) bond motifs is 1. The molecule has 2 aromatic rings. The molecule has 2 aromatic heterocycles. The molecule has 0 saturated heterocycles. The van der Waals surface area contributed by atoms with Gasteiger partial charge in [-0.2, -0.15) is 5.10 Å². The normalized spacial score (nSPS) is 15.6. The van der Waals surface area contributed by atoms with Crippen molar-refractivity contribution in [3.8, 4) is 0 Å². The smallest absolute Gasteiger partial charge is 0.138 e. The summed E-state index contributed by atoms with van der Waals surface area (Å²) in [7, 11) is 0. The van der Waals surface area contributed by atoms with Gasteiger partial charge in [-0.15, -0.1) is 11.3 Å². The fraction of sp³-hybridized carbons (Fsp3) is 0.600. The zero-order valence-electron chi connectivity index (χ0n) is 12.7. The molecule has 0 radical (unpaired) electrons. The molecule has 3 N–H and O–H groups in total. The molecule has 6 heteroatoms. The number of rotatable bonds is 6. The third kappa shape index (κ3) is 3.17. The van der Waals surface area contributed by atoms with E-state index in [4.69, 9.17) is 5.84 Å². The van der Waals surface area contributed by atoms with Crippen molar-refractivity contribution in [2.75, 3.05) is 0 Å². The average Bonchev–Trinajstić information content (AvgIpc) is 3.10. The van der Waals surface area contributed by atoms with Crippen LogP contribution in [0.2, 0.25) is 0 Å². The van der Waals surface area contributed by atoms with Crippen molar-refractivity contribution in [3.63, 3.8) is 0 Å². The minimum Gasteiger partial charge on any atom is -0.271 e. The van der Waals surface area contributed by atoms with Crippen LogP contribution in [0.4, 0.5) is 0 Å². The van der Waals surface area contributed by atoms with E-state index in [1.54, 1.807) is 6.33 Å². The van der Waals surface area contributed by atoms with Crippen LogP contribution in [0.3, 0.4) is 0 Å². The van der Waals surface area contributed by atoms with Gasteiger partial charge < -0.3 is 0 Å². The lowest BCUT2D eigenvalue weighted by Crippen LogP contribution is -2.30. The molecular formula is C15H23N5S. The summed E-state index contributed by atoms with van der Waals surface area (Å²) in [4.78, 5) is 7.26. The lowest BCUT2D eigenvalue weighted by molar-refractivity contribution is 0.448. The van der Waals surface area contributed by atoms with Gasteiger partial charge in [-0.3, -0.25) is 11.3 Å². The van der Waals surface area contributed by atoms with E-state index in [-0.39, 0.29) is 6.04 Å². The van der Waals surface area contributed by atoms with Crippen LogP contribution in [0.5, 0.6) is 0 Å². The van der Waals surface area contributed by atoms with E-state index in [9.17, 15) is 0 Å². The second-order valence-electron chi connectivity index (χ2n) is 6.13. The van der Waals surface area contributed by atoms with Gasteiger partial charge in [-0.1, -0.05) is 13.8 Å². The Kier molecular flexibility index (Phi) is 4.37. The lowest BCUT2D eigenvalue weighted by atomic mass is 10.1. The predicted octanol–water partition coefficient (Wildman–Crippen LogP) is 2.23. The molecule has 5 nitrogen and oxygen atoms in total. The maximum Gasteiger partial charge on any atom is 0.138 e. The highest BCUT2D eigenvalue weighted by Gasteiger charge is 2.21. The van der Waals surface area contributed by atoms with Gasteiger partial charge >= 0.3 is 0 Å². The first kappa shape index (κ1) is 14.7. The lowest BCUT2D eigenvalue weighted by Gasteiger charge is -2.15. The molecule has 0 aromatic carbocycles. The van der Waals surface area contributed by atoms with Gasteiger partial charge in [-0.25, -0.2) is 9.67 Å². The summed E-state index contributed by atoms with van der Waals surface area (Å²) in [6.07, 6.45) is 6.15. The SMILES string of the molecule is CC(C)Cn1ncnc1CC(NN)c1cc2c(s1)CCC2. The summed E-state index contributed by atoms with van der Waals surface area (Å²) in [5, 5.41) is 4.33. The van der Waals surface area contributed by atoms with Gasteiger partial charge in [0.05, 0.1) is 6.04 Å². The Morgan fingerprint density at radius 1 is 1.43 bits per heavy atom.